The molecule has 0 saturated heterocycles. The first-order valence-electron chi connectivity index (χ1n) is 24.1. The largest absolute Gasteiger partial charge is 0.458 e. The molecule has 10 aromatic carbocycles. The van der Waals surface area contributed by atoms with Gasteiger partial charge in [-0.1, -0.05) is 218 Å². The summed E-state index contributed by atoms with van der Waals surface area (Å²) in [6.45, 7) is 0. The van der Waals surface area contributed by atoms with Crippen LogP contribution in [0.1, 0.15) is 0 Å². The Morgan fingerprint density at radius 1 is 0.338 bits per heavy atom. The minimum atomic E-state index is -2.95. The summed E-state index contributed by atoms with van der Waals surface area (Å²) in [5, 5.41) is 12.3. The van der Waals surface area contributed by atoms with Crippen LogP contribution in [-0.2, 0) is 0 Å². The first kappa shape index (κ1) is 41.1. The fourth-order valence-corrected chi connectivity index (χ4v) is 21.6. The summed E-state index contributed by atoms with van der Waals surface area (Å²) < 4.78 is 16.0. The normalized spacial score (nSPS) is 13.1. The van der Waals surface area contributed by atoms with Crippen LogP contribution < -0.4 is 51.0 Å². The molecule has 1 spiro atoms. The van der Waals surface area contributed by atoms with E-state index in [0.717, 1.165) is 56.7 Å². The number of rotatable bonds is 7. The molecule has 0 amide bonds. The molecule has 0 N–H and O–H groups in total. The van der Waals surface area contributed by atoms with Crippen molar-refractivity contribution in [3.63, 3.8) is 0 Å². The molecule has 71 heavy (non-hydrogen) atoms. The van der Waals surface area contributed by atoms with Gasteiger partial charge in [-0.3, -0.25) is 4.57 Å². The van der Waals surface area contributed by atoms with Gasteiger partial charge in [0.1, 0.15) is 28.8 Å². The van der Waals surface area contributed by atoms with Gasteiger partial charge in [-0.2, -0.15) is 0 Å². The van der Waals surface area contributed by atoms with E-state index in [2.05, 4.69) is 265 Å². The molecule has 0 bridgehead atoms. The summed E-state index contributed by atoms with van der Waals surface area (Å²) in [6.07, 6.45) is 0. The van der Waals surface area contributed by atoms with E-state index < -0.39 is 16.1 Å². The fraction of sp³-hybridized carbons (Fsp3) is 0. The Morgan fingerprint density at radius 3 is 1.34 bits per heavy atom. The highest BCUT2D eigenvalue weighted by atomic mass is 28.3. The van der Waals surface area contributed by atoms with Crippen molar-refractivity contribution >= 4 is 79.4 Å². The fourth-order valence-electron chi connectivity index (χ4n) is 11.7. The summed E-state index contributed by atoms with van der Waals surface area (Å²) in [4.78, 5) is 11.2. The van der Waals surface area contributed by atoms with E-state index in [1.165, 1.54) is 52.3 Å². The Kier molecular flexibility index (Phi) is 9.49. The molecule has 7 heteroatoms. The molecule has 2 aromatic heterocycles. The van der Waals surface area contributed by atoms with Gasteiger partial charge in [0.2, 0.25) is 0 Å². The summed E-state index contributed by atoms with van der Waals surface area (Å²) in [5.74, 6) is 4.89. The molecule has 2 aliphatic rings. The summed E-state index contributed by atoms with van der Waals surface area (Å²) in [7, 11) is -5.83. The molecule has 14 rings (SSSR count). The van der Waals surface area contributed by atoms with E-state index in [4.69, 9.17) is 19.4 Å². The van der Waals surface area contributed by atoms with E-state index in [9.17, 15) is 0 Å². The Hall–Kier alpha value is -8.89. The lowest BCUT2D eigenvalue weighted by Gasteiger charge is -2.43. The number of nitrogens with zero attached hydrogens (tertiary/aromatic N) is 3. The molecule has 2 aliphatic heterocycles. The summed E-state index contributed by atoms with van der Waals surface area (Å²) in [5.41, 5.74) is 4.83. The van der Waals surface area contributed by atoms with Gasteiger partial charge in [0, 0.05) is 28.0 Å². The Labute approximate surface area is 413 Å². The first-order chi connectivity index (χ1) is 35.2. The number of aromatic nitrogens is 3. The average Bonchev–Trinajstić information content (AvgIpc) is 3.78. The molecular weight excluding hydrogens is 899 g/mol. The standard InChI is InChI=1S/C64H43N3O2Si2/c1-4-22-46(23-5-1)70(47-24-6-2-7-25-47,48-26-8-3-9-27-48)49-28-20-21-45(41-49)64-65-52(43-63(66-64)67-53-31-12-10-29-50(53)51-30-11-13-32-54(51)67)44-39-40-62-58(42-44)69-57-35-16-19-38-61(57)71(62)59-36-17-14-33-55(59)68-56-34-15-18-37-60(56)71/h1-43H. The van der Waals surface area contributed by atoms with E-state index in [1.54, 1.807) is 0 Å². The lowest BCUT2D eigenvalue weighted by molar-refractivity contribution is 0.482. The van der Waals surface area contributed by atoms with Crippen LogP contribution in [0.5, 0.6) is 23.0 Å². The Bertz CT molecular complexity index is 3810. The molecule has 5 nitrogen and oxygen atoms in total. The predicted molar refractivity (Wildman–Crippen MR) is 295 cm³/mol. The van der Waals surface area contributed by atoms with Gasteiger partial charge in [-0.15, -0.1) is 0 Å². The van der Waals surface area contributed by atoms with Crippen LogP contribution in [-0.4, -0.2) is 30.7 Å². The zero-order valence-electron chi connectivity index (χ0n) is 38.5. The molecule has 0 fully saturated rings. The second kappa shape index (κ2) is 16.4. The van der Waals surface area contributed by atoms with Crippen LogP contribution in [0, 0.1) is 0 Å². The number of benzene rings is 10. The molecule has 0 unspecified atom stereocenters. The number of hydrogen-bond acceptors (Lipinski definition) is 4. The van der Waals surface area contributed by atoms with Gasteiger partial charge >= 0.3 is 0 Å². The first-order valence-corrected chi connectivity index (χ1v) is 28.1. The monoisotopic (exact) mass is 941 g/mol. The highest BCUT2D eigenvalue weighted by Crippen LogP contribution is 2.39. The van der Waals surface area contributed by atoms with Crippen molar-refractivity contribution < 1.29 is 9.47 Å². The zero-order valence-corrected chi connectivity index (χ0v) is 40.5. The maximum Gasteiger partial charge on any atom is 0.196 e. The predicted octanol–water partition coefficient (Wildman–Crippen LogP) is 9.87. The molecule has 12 aromatic rings. The third kappa shape index (κ3) is 6.23. The van der Waals surface area contributed by atoms with E-state index in [0.29, 0.717) is 5.82 Å². The second-order valence-corrected chi connectivity index (χ2v) is 25.9. The average molecular weight is 942 g/mol. The van der Waals surface area contributed by atoms with Crippen LogP contribution in [0.25, 0.3) is 50.3 Å². The Balaban J connectivity index is 1.02. The zero-order chi connectivity index (χ0) is 46.9. The summed E-state index contributed by atoms with van der Waals surface area (Å²) >= 11 is 0. The van der Waals surface area contributed by atoms with Crippen molar-refractivity contribution in [3.05, 3.63) is 261 Å². The van der Waals surface area contributed by atoms with Crippen molar-refractivity contribution in [2.45, 2.75) is 0 Å². The van der Waals surface area contributed by atoms with Crippen LogP contribution in [0.3, 0.4) is 0 Å². The number of hydrogen-bond donors (Lipinski definition) is 0. The molecule has 0 atom stereocenters. The molecular formula is C64H43N3O2Si2. The van der Waals surface area contributed by atoms with Crippen LogP contribution in [0.2, 0.25) is 0 Å². The Morgan fingerprint density at radius 2 is 0.789 bits per heavy atom. The van der Waals surface area contributed by atoms with Crippen molar-refractivity contribution in [1.29, 1.82) is 0 Å². The second-order valence-electron chi connectivity index (χ2n) is 18.4. The lowest BCUT2D eigenvalue weighted by atomic mass is 10.1. The van der Waals surface area contributed by atoms with Crippen molar-refractivity contribution in [2.75, 3.05) is 0 Å². The van der Waals surface area contributed by atoms with E-state index >= 15 is 0 Å². The topological polar surface area (TPSA) is 49.2 Å². The SMILES string of the molecule is c1ccc([Si](c2ccccc2)(c2ccccc2)c2cccc(-c3nc(-c4ccc5c(c4)Oc4ccccc4[Si]54c5ccccc5Oc5ccccc54)cc(-n4c5ccccc5c5ccccc54)n3)c2)cc1. The molecule has 0 saturated carbocycles. The summed E-state index contributed by atoms with van der Waals surface area (Å²) in [6, 6.07) is 94.0. The maximum absolute atomic E-state index is 7.06. The van der Waals surface area contributed by atoms with Gasteiger partial charge in [-0.25, -0.2) is 9.97 Å². The van der Waals surface area contributed by atoms with Crippen molar-refractivity contribution in [1.82, 2.24) is 14.5 Å². The molecule has 0 aliphatic carbocycles. The minimum absolute atomic E-state index is 0.639. The number of fused-ring (bicyclic) bond motifs is 11. The van der Waals surface area contributed by atoms with Crippen LogP contribution in [0.4, 0.5) is 0 Å². The third-order valence-electron chi connectivity index (χ3n) is 14.7. The maximum atomic E-state index is 7.06. The third-order valence-corrected chi connectivity index (χ3v) is 24.3. The quantitative estimate of drug-likeness (QED) is 0.118. The van der Waals surface area contributed by atoms with Crippen LogP contribution >= 0.6 is 0 Å². The molecule has 334 valence electrons. The lowest BCUT2D eigenvalue weighted by Crippen LogP contribution is -2.77. The van der Waals surface area contributed by atoms with Gasteiger partial charge in [-0.05, 0) is 77.9 Å². The van der Waals surface area contributed by atoms with Crippen molar-refractivity contribution in [3.8, 4) is 51.5 Å². The highest BCUT2D eigenvalue weighted by Gasteiger charge is 2.53. The smallest absolute Gasteiger partial charge is 0.196 e. The van der Waals surface area contributed by atoms with E-state index in [1.807, 2.05) is 0 Å². The highest BCUT2D eigenvalue weighted by molar-refractivity contribution is 7.22. The molecule has 0 radical (unpaired) electrons. The number of para-hydroxylation sites is 5. The van der Waals surface area contributed by atoms with Gasteiger partial charge < -0.3 is 9.47 Å². The van der Waals surface area contributed by atoms with Gasteiger partial charge in [0.25, 0.3) is 0 Å². The number of ether oxygens (including phenoxy) is 2. The van der Waals surface area contributed by atoms with Crippen molar-refractivity contribution in [2.24, 2.45) is 0 Å². The molecule has 4 heterocycles. The van der Waals surface area contributed by atoms with E-state index in [-0.39, 0.29) is 0 Å². The minimum Gasteiger partial charge on any atom is -0.458 e. The van der Waals surface area contributed by atoms with Crippen LogP contribution in [0.15, 0.2) is 261 Å². The van der Waals surface area contributed by atoms with Gasteiger partial charge in [0.15, 0.2) is 22.0 Å². The van der Waals surface area contributed by atoms with Gasteiger partial charge in [0.05, 0.1) is 16.7 Å².